The number of hydrogen-bond acceptors (Lipinski definition) is 4. The third kappa shape index (κ3) is 2.95. The van der Waals surface area contributed by atoms with Crippen molar-refractivity contribution in [2.45, 2.75) is 18.6 Å². The van der Waals surface area contributed by atoms with Crippen LogP contribution in [0.25, 0.3) is 0 Å². The van der Waals surface area contributed by atoms with Crippen LogP contribution in [0.2, 0.25) is 0 Å². The number of hydrogen-bond donors (Lipinski definition) is 3. The molecule has 1 aromatic carbocycles. The number of pyridine rings is 1. The third-order valence-corrected chi connectivity index (χ3v) is 3.50. The van der Waals surface area contributed by atoms with Crippen LogP contribution < -0.4 is 16.2 Å². The number of carbonyl (C=O) groups is 1. The molecule has 1 aliphatic rings. The number of rotatable bonds is 3. The highest BCUT2D eigenvalue weighted by Crippen LogP contribution is 2.26. The highest BCUT2D eigenvalue weighted by molar-refractivity contribution is 5.94. The summed E-state index contributed by atoms with van der Waals surface area (Å²) in [5.74, 6) is -1.50. The van der Waals surface area contributed by atoms with Crippen LogP contribution in [0.15, 0.2) is 42.7 Å². The van der Waals surface area contributed by atoms with Crippen LogP contribution in [0.1, 0.15) is 28.4 Å². The van der Waals surface area contributed by atoms with E-state index in [4.69, 9.17) is 0 Å². The summed E-state index contributed by atoms with van der Waals surface area (Å²) in [6.07, 6.45) is 2.94. The monoisotopic (exact) mass is 304 g/mol. The third-order valence-electron chi connectivity index (χ3n) is 3.50. The van der Waals surface area contributed by atoms with Gasteiger partial charge in [0.05, 0.1) is 12.2 Å². The second-order valence-corrected chi connectivity index (χ2v) is 4.97. The number of halogens is 2. The SMILES string of the molecule is O=C(NC1CC(c2c(F)cccc2F)NN1)c1ccncc1. The smallest absolute Gasteiger partial charge is 0.252 e. The van der Waals surface area contributed by atoms with E-state index in [0.29, 0.717) is 12.0 Å². The molecule has 1 aromatic heterocycles. The quantitative estimate of drug-likeness (QED) is 0.807. The molecule has 2 unspecified atom stereocenters. The first-order chi connectivity index (χ1) is 10.6. The first-order valence-corrected chi connectivity index (χ1v) is 6.81. The highest BCUT2D eigenvalue weighted by Gasteiger charge is 2.30. The maximum atomic E-state index is 13.8. The summed E-state index contributed by atoms with van der Waals surface area (Å²) in [5, 5.41) is 2.75. The van der Waals surface area contributed by atoms with Gasteiger partial charge in [0.2, 0.25) is 0 Å². The molecule has 0 saturated carbocycles. The average Bonchev–Trinajstić information content (AvgIpc) is 2.96. The fourth-order valence-electron chi connectivity index (χ4n) is 2.43. The number of nitrogens with one attached hydrogen (secondary N) is 3. The Kier molecular flexibility index (Phi) is 4.08. The molecule has 1 aliphatic heterocycles. The lowest BCUT2D eigenvalue weighted by Crippen LogP contribution is -2.44. The van der Waals surface area contributed by atoms with Crippen LogP contribution in [-0.4, -0.2) is 17.1 Å². The van der Waals surface area contributed by atoms with Gasteiger partial charge in [0, 0.05) is 29.9 Å². The van der Waals surface area contributed by atoms with Crippen molar-refractivity contribution in [3.63, 3.8) is 0 Å². The number of amides is 1. The van der Waals surface area contributed by atoms with Crippen molar-refractivity contribution in [1.82, 2.24) is 21.2 Å². The van der Waals surface area contributed by atoms with Crippen molar-refractivity contribution < 1.29 is 13.6 Å². The van der Waals surface area contributed by atoms with Gasteiger partial charge in [-0.15, -0.1) is 0 Å². The molecule has 114 valence electrons. The molecule has 2 atom stereocenters. The fourth-order valence-corrected chi connectivity index (χ4v) is 2.43. The molecule has 0 bridgehead atoms. The summed E-state index contributed by atoms with van der Waals surface area (Å²) in [6, 6.07) is 6.37. The Morgan fingerprint density at radius 1 is 1.14 bits per heavy atom. The minimum absolute atomic E-state index is 0.0318. The number of carbonyl (C=O) groups excluding carboxylic acids is 1. The maximum absolute atomic E-state index is 13.8. The first kappa shape index (κ1) is 14.6. The van der Waals surface area contributed by atoms with E-state index in [1.54, 1.807) is 12.1 Å². The second-order valence-electron chi connectivity index (χ2n) is 4.97. The van der Waals surface area contributed by atoms with E-state index >= 15 is 0 Å². The first-order valence-electron chi connectivity index (χ1n) is 6.81. The lowest BCUT2D eigenvalue weighted by Gasteiger charge is -2.13. The van der Waals surface area contributed by atoms with E-state index in [1.165, 1.54) is 30.6 Å². The van der Waals surface area contributed by atoms with E-state index in [2.05, 4.69) is 21.2 Å². The van der Waals surface area contributed by atoms with Crippen molar-refractivity contribution in [2.75, 3.05) is 0 Å². The Morgan fingerprint density at radius 3 is 2.50 bits per heavy atom. The zero-order valence-corrected chi connectivity index (χ0v) is 11.5. The average molecular weight is 304 g/mol. The normalized spacial score (nSPS) is 20.8. The number of nitrogens with zero attached hydrogens (tertiary/aromatic N) is 1. The van der Waals surface area contributed by atoms with Gasteiger partial charge in [-0.3, -0.25) is 9.78 Å². The molecular formula is C15H14F2N4O. The van der Waals surface area contributed by atoms with Gasteiger partial charge in [0.25, 0.3) is 5.91 Å². The molecule has 2 aromatic rings. The van der Waals surface area contributed by atoms with Gasteiger partial charge in [0.15, 0.2) is 0 Å². The Morgan fingerprint density at radius 2 is 1.82 bits per heavy atom. The van der Waals surface area contributed by atoms with E-state index in [-0.39, 0.29) is 11.5 Å². The molecule has 22 heavy (non-hydrogen) atoms. The Hall–Kier alpha value is -2.38. The minimum atomic E-state index is -0.611. The van der Waals surface area contributed by atoms with Gasteiger partial charge < -0.3 is 5.32 Å². The van der Waals surface area contributed by atoms with Crippen LogP contribution in [0.3, 0.4) is 0 Å². The number of hydrazine groups is 1. The predicted molar refractivity (Wildman–Crippen MR) is 75.5 cm³/mol. The Labute approximate surface area is 125 Å². The van der Waals surface area contributed by atoms with Gasteiger partial charge in [-0.1, -0.05) is 6.07 Å². The zero-order chi connectivity index (χ0) is 15.5. The van der Waals surface area contributed by atoms with Crippen LogP contribution in [-0.2, 0) is 0 Å². The van der Waals surface area contributed by atoms with E-state index in [9.17, 15) is 13.6 Å². The van der Waals surface area contributed by atoms with Gasteiger partial charge in [0.1, 0.15) is 11.6 Å². The molecule has 3 rings (SSSR count). The van der Waals surface area contributed by atoms with Crippen LogP contribution >= 0.6 is 0 Å². The maximum Gasteiger partial charge on any atom is 0.252 e. The minimum Gasteiger partial charge on any atom is -0.335 e. The largest absolute Gasteiger partial charge is 0.335 e. The summed E-state index contributed by atoms with van der Waals surface area (Å²) < 4.78 is 27.5. The van der Waals surface area contributed by atoms with Crippen molar-refractivity contribution in [2.24, 2.45) is 0 Å². The second kappa shape index (κ2) is 6.17. The number of aromatic nitrogens is 1. The van der Waals surface area contributed by atoms with Crippen LogP contribution in [0, 0.1) is 11.6 Å². The van der Waals surface area contributed by atoms with Gasteiger partial charge >= 0.3 is 0 Å². The van der Waals surface area contributed by atoms with E-state index in [1.807, 2.05) is 0 Å². The van der Waals surface area contributed by atoms with Crippen molar-refractivity contribution in [3.05, 3.63) is 65.5 Å². The summed E-state index contributed by atoms with van der Waals surface area (Å²) >= 11 is 0. The summed E-state index contributed by atoms with van der Waals surface area (Å²) in [4.78, 5) is 15.9. The van der Waals surface area contributed by atoms with Gasteiger partial charge in [-0.2, -0.15) is 0 Å². The van der Waals surface area contributed by atoms with E-state index < -0.39 is 23.8 Å². The van der Waals surface area contributed by atoms with Gasteiger partial charge in [-0.25, -0.2) is 19.6 Å². The zero-order valence-electron chi connectivity index (χ0n) is 11.5. The molecule has 1 amide bonds. The molecular weight excluding hydrogens is 290 g/mol. The van der Waals surface area contributed by atoms with Crippen molar-refractivity contribution >= 4 is 5.91 Å². The predicted octanol–water partition coefficient (Wildman–Crippen LogP) is 1.65. The Balaban J connectivity index is 1.67. The summed E-state index contributed by atoms with van der Waals surface area (Å²) in [7, 11) is 0. The molecule has 0 radical (unpaired) electrons. The lowest BCUT2D eigenvalue weighted by atomic mass is 10.0. The molecule has 0 aliphatic carbocycles. The fraction of sp³-hybridized carbons (Fsp3) is 0.200. The lowest BCUT2D eigenvalue weighted by molar-refractivity contribution is 0.0932. The topological polar surface area (TPSA) is 66.1 Å². The highest BCUT2D eigenvalue weighted by atomic mass is 19.1. The summed E-state index contributed by atoms with van der Waals surface area (Å²) in [5.41, 5.74) is 6.07. The Bertz CT molecular complexity index is 660. The van der Waals surface area contributed by atoms with E-state index in [0.717, 1.165) is 0 Å². The van der Waals surface area contributed by atoms with Crippen molar-refractivity contribution in [1.29, 1.82) is 0 Å². The molecule has 1 fully saturated rings. The van der Waals surface area contributed by atoms with Crippen molar-refractivity contribution in [3.8, 4) is 0 Å². The molecule has 3 N–H and O–H groups in total. The molecule has 2 heterocycles. The van der Waals surface area contributed by atoms with Crippen LogP contribution in [0.4, 0.5) is 8.78 Å². The molecule has 0 spiro atoms. The standard InChI is InChI=1S/C15H14F2N4O/c16-10-2-1-3-11(17)14(10)12-8-13(21-20-12)19-15(22)9-4-6-18-7-5-9/h1-7,12-13,20-21H,8H2,(H,19,22). The number of benzene rings is 1. The summed E-state index contributed by atoms with van der Waals surface area (Å²) in [6.45, 7) is 0. The van der Waals surface area contributed by atoms with Crippen LogP contribution in [0.5, 0.6) is 0 Å². The molecule has 1 saturated heterocycles. The van der Waals surface area contributed by atoms with Gasteiger partial charge in [-0.05, 0) is 24.3 Å². The molecule has 5 nitrogen and oxygen atoms in total. The molecule has 7 heteroatoms.